The largest absolute Gasteiger partial charge is 0.464 e. The molecule has 2 aromatic rings. The molecule has 1 unspecified atom stereocenters. The lowest BCUT2D eigenvalue weighted by Crippen LogP contribution is -2.55. The Balaban J connectivity index is 1.95. The van der Waals surface area contributed by atoms with Crippen LogP contribution in [0.1, 0.15) is 53.0 Å². The van der Waals surface area contributed by atoms with Crippen molar-refractivity contribution in [1.82, 2.24) is 10.6 Å². The van der Waals surface area contributed by atoms with Gasteiger partial charge >= 0.3 is 11.9 Å². The molecule has 1 aliphatic rings. The molecule has 1 fully saturated rings. The van der Waals surface area contributed by atoms with Gasteiger partial charge in [-0.05, 0) is 44.4 Å². The van der Waals surface area contributed by atoms with Crippen LogP contribution in [0.15, 0.2) is 65.6 Å². The minimum absolute atomic E-state index is 0.0223. The van der Waals surface area contributed by atoms with Gasteiger partial charge in [0.2, 0.25) is 11.8 Å². The summed E-state index contributed by atoms with van der Waals surface area (Å²) in [6.45, 7) is 8.94. The Labute approximate surface area is 241 Å². The SMILES string of the molecule is CC(C)[C@@H]1NC(=O)CC(Sc2ccccc2)[C@@H](CC(=O)OC(C)(C)C)COC(=O)[C@H](Cc2ccccc2)NC1=O. The van der Waals surface area contributed by atoms with Gasteiger partial charge in [0.05, 0.1) is 13.0 Å². The Morgan fingerprint density at radius 2 is 1.62 bits per heavy atom. The first-order valence-corrected chi connectivity index (χ1v) is 14.5. The fourth-order valence-electron chi connectivity index (χ4n) is 4.42. The molecule has 2 N–H and O–H groups in total. The fourth-order valence-corrected chi connectivity index (χ4v) is 5.68. The fraction of sp³-hybridized carbons (Fsp3) is 0.484. The molecule has 2 amide bonds. The van der Waals surface area contributed by atoms with E-state index in [9.17, 15) is 19.2 Å². The molecular formula is C31H40N2O6S. The Kier molecular flexibility index (Phi) is 11.2. The van der Waals surface area contributed by atoms with Crippen molar-refractivity contribution in [2.24, 2.45) is 11.8 Å². The number of thioether (sulfide) groups is 1. The summed E-state index contributed by atoms with van der Waals surface area (Å²) in [5, 5.41) is 5.25. The first-order chi connectivity index (χ1) is 18.9. The van der Waals surface area contributed by atoms with Crippen molar-refractivity contribution in [3.63, 3.8) is 0 Å². The first-order valence-electron chi connectivity index (χ1n) is 13.6. The molecule has 2 aromatic carbocycles. The van der Waals surface area contributed by atoms with Gasteiger partial charge in [-0.2, -0.15) is 0 Å². The topological polar surface area (TPSA) is 111 Å². The summed E-state index contributed by atoms with van der Waals surface area (Å²) < 4.78 is 11.4. The van der Waals surface area contributed by atoms with Crippen LogP contribution in [0.3, 0.4) is 0 Å². The second-order valence-corrected chi connectivity index (χ2v) is 12.7. The third-order valence-corrected chi connectivity index (χ3v) is 7.78. The predicted molar refractivity (Wildman–Crippen MR) is 154 cm³/mol. The highest BCUT2D eigenvalue weighted by Crippen LogP contribution is 2.33. The zero-order valence-electron chi connectivity index (χ0n) is 23.8. The maximum absolute atomic E-state index is 13.4. The van der Waals surface area contributed by atoms with Gasteiger partial charge in [-0.15, -0.1) is 11.8 Å². The molecule has 0 saturated carbocycles. The van der Waals surface area contributed by atoms with Crippen molar-refractivity contribution < 1.29 is 28.7 Å². The lowest BCUT2D eigenvalue weighted by atomic mass is 9.97. The van der Waals surface area contributed by atoms with Gasteiger partial charge in [-0.3, -0.25) is 14.4 Å². The second-order valence-electron chi connectivity index (χ2n) is 11.4. The summed E-state index contributed by atoms with van der Waals surface area (Å²) in [7, 11) is 0. The van der Waals surface area contributed by atoms with Gasteiger partial charge in [-0.25, -0.2) is 4.79 Å². The van der Waals surface area contributed by atoms with Crippen LogP contribution >= 0.6 is 11.8 Å². The first kappa shape index (κ1) is 31.2. The van der Waals surface area contributed by atoms with Crippen molar-refractivity contribution in [1.29, 1.82) is 0 Å². The number of benzene rings is 2. The molecule has 0 spiro atoms. The van der Waals surface area contributed by atoms with E-state index in [2.05, 4.69) is 10.6 Å². The van der Waals surface area contributed by atoms with Crippen LogP contribution < -0.4 is 10.6 Å². The monoisotopic (exact) mass is 568 g/mol. The minimum Gasteiger partial charge on any atom is -0.464 e. The highest BCUT2D eigenvalue weighted by atomic mass is 32.2. The molecule has 0 aromatic heterocycles. The normalized spacial score (nSPS) is 22.8. The van der Waals surface area contributed by atoms with Crippen LogP contribution in [0.4, 0.5) is 0 Å². The van der Waals surface area contributed by atoms with Crippen LogP contribution in [0.2, 0.25) is 0 Å². The van der Waals surface area contributed by atoms with Gasteiger partial charge in [0, 0.05) is 28.9 Å². The lowest BCUT2D eigenvalue weighted by molar-refractivity contribution is -0.159. The number of ether oxygens (including phenoxy) is 2. The van der Waals surface area contributed by atoms with Crippen LogP contribution in [0.25, 0.3) is 0 Å². The average Bonchev–Trinajstić information content (AvgIpc) is 2.88. The van der Waals surface area contributed by atoms with E-state index in [1.165, 1.54) is 11.8 Å². The zero-order valence-corrected chi connectivity index (χ0v) is 24.7. The van der Waals surface area contributed by atoms with E-state index >= 15 is 0 Å². The molecule has 216 valence electrons. The number of carbonyl (C=O) groups is 4. The molecule has 4 atom stereocenters. The van der Waals surface area contributed by atoms with Gasteiger partial charge in [0.15, 0.2) is 0 Å². The molecule has 3 rings (SSSR count). The summed E-state index contributed by atoms with van der Waals surface area (Å²) in [5.41, 5.74) is 0.165. The number of hydrogen-bond donors (Lipinski definition) is 2. The van der Waals surface area contributed by atoms with Crippen LogP contribution in [0, 0.1) is 11.8 Å². The van der Waals surface area contributed by atoms with Crippen molar-refractivity contribution in [3.8, 4) is 0 Å². The summed E-state index contributed by atoms with van der Waals surface area (Å²) in [5.74, 6) is -2.53. The lowest BCUT2D eigenvalue weighted by Gasteiger charge is -2.31. The van der Waals surface area contributed by atoms with Crippen molar-refractivity contribution in [2.75, 3.05) is 6.61 Å². The van der Waals surface area contributed by atoms with E-state index in [1.807, 2.05) is 74.5 Å². The number of cyclic esters (lactones) is 1. The summed E-state index contributed by atoms with van der Waals surface area (Å²) in [6, 6.07) is 17.1. The zero-order chi connectivity index (χ0) is 29.3. The van der Waals surface area contributed by atoms with Crippen LogP contribution in [-0.4, -0.2) is 53.3 Å². The second kappa shape index (κ2) is 14.3. The van der Waals surface area contributed by atoms with E-state index < -0.39 is 46.7 Å². The highest BCUT2D eigenvalue weighted by Gasteiger charge is 2.35. The van der Waals surface area contributed by atoms with E-state index in [0.717, 1.165) is 10.5 Å². The molecular weight excluding hydrogens is 528 g/mol. The molecule has 8 nitrogen and oxygen atoms in total. The predicted octanol–water partition coefficient (Wildman–Crippen LogP) is 4.31. The molecule has 40 heavy (non-hydrogen) atoms. The van der Waals surface area contributed by atoms with E-state index in [4.69, 9.17) is 9.47 Å². The molecule has 0 radical (unpaired) electrons. The number of amides is 2. The molecule has 0 aliphatic carbocycles. The van der Waals surface area contributed by atoms with Crippen LogP contribution in [0.5, 0.6) is 0 Å². The van der Waals surface area contributed by atoms with Crippen LogP contribution in [-0.2, 0) is 35.1 Å². The molecule has 9 heteroatoms. The van der Waals surface area contributed by atoms with E-state index in [1.54, 1.807) is 20.8 Å². The Hall–Kier alpha value is -3.33. The van der Waals surface area contributed by atoms with Gasteiger partial charge < -0.3 is 20.1 Å². The third-order valence-electron chi connectivity index (χ3n) is 6.38. The van der Waals surface area contributed by atoms with Crippen molar-refractivity contribution in [3.05, 3.63) is 66.2 Å². The maximum atomic E-state index is 13.4. The summed E-state index contributed by atoms with van der Waals surface area (Å²) in [6.07, 6.45) is 0.212. The Morgan fingerprint density at radius 1 is 1.00 bits per heavy atom. The number of carbonyl (C=O) groups excluding carboxylic acids is 4. The van der Waals surface area contributed by atoms with Gasteiger partial charge in [0.1, 0.15) is 17.7 Å². The van der Waals surface area contributed by atoms with Gasteiger partial charge in [0.25, 0.3) is 0 Å². The number of nitrogens with one attached hydrogen (secondary N) is 2. The smallest absolute Gasteiger partial charge is 0.328 e. The number of esters is 2. The standard InChI is InChI=1S/C31H40N2O6S/c1-20(2)28-29(36)32-24(16-21-12-8-6-9-13-21)30(37)38-19-22(17-27(35)39-31(3,4)5)25(18-26(34)33-28)40-23-14-10-7-11-15-23/h6-15,20,22,24-25,28H,16-19H2,1-5H3,(H,32,36)(H,33,34)/t22-,24-,25?,28-/m0/s1. The number of rotatable bonds is 7. The van der Waals surface area contributed by atoms with E-state index in [0.29, 0.717) is 0 Å². The number of hydrogen-bond acceptors (Lipinski definition) is 7. The van der Waals surface area contributed by atoms with Gasteiger partial charge in [-0.1, -0.05) is 62.4 Å². The molecule has 1 saturated heterocycles. The quantitative estimate of drug-likeness (QED) is 0.479. The van der Waals surface area contributed by atoms with Crippen molar-refractivity contribution >= 4 is 35.5 Å². The van der Waals surface area contributed by atoms with E-state index in [-0.39, 0.29) is 37.7 Å². The third kappa shape index (κ3) is 10.0. The molecule has 1 aliphatic heterocycles. The average molecular weight is 569 g/mol. The van der Waals surface area contributed by atoms with Crippen molar-refractivity contribution in [2.45, 2.75) is 81.7 Å². The minimum atomic E-state index is -0.963. The molecule has 1 heterocycles. The Morgan fingerprint density at radius 3 is 2.23 bits per heavy atom. The maximum Gasteiger partial charge on any atom is 0.328 e. The summed E-state index contributed by atoms with van der Waals surface area (Å²) >= 11 is 1.44. The highest BCUT2D eigenvalue weighted by molar-refractivity contribution is 8.00. The molecule has 0 bridgehead atoms. The Bertz CT molecular complexity index is 1150. The summed E-state index contributed by atoms with van der Waals surface area (Å²) in [4.78, 5) is 53.8.